The van der Waals surface area contributed by atoms with Gasteiger partial charge < -0.3 is 15.4 Å². The number of aromatic nitrogens is 2. The minimum atomic E-state index is -0.185. The Kier molecular flexibility index (Phi) is 5.98. The van der Waals surface area contributed by atoms with Crippen molar-refractivity contribution < 1.29 is 9.13 Å². The van der Waals surface area contributed by atoms with Gasteiger partial charge in [0, 0.05) is 18.3 Å². The number of halogens is 1. The molecule has 0 radical (unpaired) electrons. The molecule has 0 aliphatic rings. The van der Waals surface area contributed by atoms with Crippen LogP contribution in [0.2, 0.25) is 0 Å². The molecule has 26 heavy (non-hydrogen) atoms. The number of anilines is 3. The zero-order valence-electron chi connectivity index (χ0n) is 14.6. The van der Waals surface area contributed by atoms with Crippen molar-refractivity contribution in [3.63, 3.8) is 0 Å². The highest BCUT2D eigenvalue weighted by Gasteiger charge is 2.03. The van der Waals surface area contributed by atoms with Crippen LogP contribution >= 0.6 is 0 Å². The molecule has 0 unspecified atom stereocenters. The van der Waals surface area contributed by atoms with E-state index in [0.717, 1.165) is 11.4 Å². The summed E-state index contributed by atoms with van der Waals surface area (Å²) in [5.41, 5.74) is 1.59. The molecule has 2 N–H and O–H groups in total. The highest BCUT2D eigenvalue weighted by molar-refractivity contribution is 5.59. The number of benzene rings is 2. The molecule has 0 spiro atoms. The average Bonchev–Trinajstić information content (AvgIpc) is 2.66. The van der Waals surface area contributed by atoms with E-state index >= 15 is 0 Å². The Bertz CT molecular complexity index is 839. The molecule has 0 bridgehead atoms. The minimum absolute atomic E-state index is 0.185. The molecule has 0 saturated carbocycles. The van der Waals surface area contributed by atoms with E-state index in [9.17, 15) is 4.39 Å². The molecule has 134 valence electrons. The van der Waals surface area contributed by atoms with Crippen LogP contribution in [0.4, 0.5) is 21.7 Å². The molecule has 0 aliphatic heterocycles. The molecular formula is C20H21FN4O. The summed E-state index contributed by atoms with van der Waals surface area (Å²) in [5, 5.41) is 6.42. The lowest BCUT2D eigenvalue weighted by Crippen LogP contribution is -2.08. The van der Waals surface area contributed by atoms with Crippen molar-refractivity contribution in [2.75, 3.05) is 23.8 Å². The normalized spacial score (nSPS) is 10.4. The Morgan fingerprint density at radius 1 is 1.00 bits per heavy atom. The topological polar surface area (TPSA) is 59.1 Å². The van der Waals surface area contributed by atoms with Crippen LogP contribution in [0, 0.1) is 5.82 Å². The maximum atomic E-state index is 13.6. The lowest BCUT2D eigenvalue weighted by molar-refractivity contribution is 0.340. The van der Waals surface area contributed by atoms with Crippen LogP contribution in [0.25, 0.3) is 0 Å². The van der Waals surface area contributed by atoms with Gasteiger partial charge in [0.1, 0.15) is 29.5 Å². The van der Waals surface area contributed by atoms with Gasteiger partial charge in [-0.25, -0.2) is 14.4 Å². The fourth-order valence-electron chi connectivity index (χ4n) is 2.50. The molecule has 0 saturated heterocycles. The number of hydrogen-bond donors (Lipinski definition) is 2. The van der Waals surface area contributed by atoms with E-state index in [1.807, 2.05) is 43.3 Å². The summed E-state index contributed by atoms with van der Waals surface area (Å²) in [4.78, 5) is 8.42. The summed E-state index contributed by atoms with van der Waals surface area (Å²) in [6.07, 6.45) is 2.07. The maximum absolute atomic E-state index is 13.6. The summed E-state index contributed by atoms with van der Waals surface area (Å²) in [6, 6.07) is 16.3. The number of ether oxygens (including phenoxy) is 1. The third kappa shape index (κ3) is 4.92. The Morgan fingerprint density at radius 3 is 2.54 bits per heavy atom. The number of hydrogen-bond acceptors (Lipinski definition) is 5. The predicted octanol–water partition coefficient (Wildman–Crippen LogP) is 4.41. The van der Waals surface area contributed by atoms with Crippen LogP contribution in [0.15, 0.2) is 60.9 Å². The molecule has 5 nitrogen and oxygen atoms in total. The quantitative estimate of drug-likeness (QED) is 0.629. The first-order chi connectivity index (χ1) is 12.7. The van der Waals surface area contributed by atoms with Gasteiger partial charge in [-0.3, -0.25) is 0 Å². The van der Waals surface area contributed by atoms with Gasteiger partial charge >= 0.3 is 0 Å². The van der Waals surface area contributed by atoms with Gasteiger partial charge in [0.15, 0.2) is 0 Å². The van der Waals surface area contributed by atoms with Gasteiger partial charge in [0.25, 0.3) is 0 Å². The van der Waals surface area contributed by atoms with E-state index in [2.05, 4.69) is 20.6 Å². The molecule has 6 heteroatoms. The predicted molar refractivity (Wildman–Crippen MR) is 102 cm³/mol. The molecule has 2 aromatic carbocycles. The summed E-state index contributed by atoms with van der Waals surface area (Å²) in [6.45, 7) is 3.18. The highest BCUT2D eigenvalue weighted by atomic mass is 19.1. The lowest BCUT2D eigenvalue weighted by atomic mass is 10.1. The van der Waals surface area contributed by atoms with Crippen molar-refractivity contribution in [1.82, 2.24) is 9.97 Å². The monoisotopic (exact) mass is 352 g/mol. The minimum Gasteiger partial charge on any atom is -0.494 e. The molecular weight excluding hydrogens is 331 g/mol. The van der Waals surface area contributed by atoms with Crippen molar-refractivity contribution in [2.24, 2.45) is 0 Å². The Morgan fingerprint density at radius 2 is 1.77 bits per heavy atom. The molecule has 0 fully saturated rings. The van der Waals surface area contributed by atoms with Gasteiger partial charge in [0.2, 0.25) is 0 Å². The van der Waals surface area contributed by atoms with E-state index in [1.165, 1.54) is 12.4 Å². The third-order valence-corrected chi connectivity index (χ3v) is 3.76. The highest BCUT2D eigenvalue weighted by Crippen LogP contribution is 2.20. The average molecular weight is 352 g/mol. The van der Waals surface area contributed by atoms with E-state index < -0.39 is 0 Å². The Labute approximate surface area is 152 Å². The van der Waals surface area contributed by atoms with Crippen LogP contribution in [0.5, 0.6) is 5.75 Å². The van der Waals surface area contributed by atoms with Gasteiger partial charge in [-0.15, -0.1) is 0 Å². The first-order valence-corrected chi connectivity index (χ1v) is 8.54. The first kappa shape index (κ1) is 17.7. The molecule has 0 amide bonds. The van der Waals surface area contributed by atoms with Crippen molar-refractivity contribution in [2.45, 2.75) is 13.3 Å². The second-order valence-electron chi connectivity index (χ2n) is 5.64. The first-order valence-electron chi connectivity index (χ1n) is 8.54. The van der Waals surface area contributed by atoms with Crippen molar-refractivity contribution in [1.29, 1.82) is 0 Å². The summed E-state index contributed by atoms with van der Waals surface area (Å²) in [7, 11) is 0. The summed E-state index contributed by atoms with van der Waals surface area (Å²) in [5.74, 6) is 2.01. The molecule has 1 heterocycles. The van der Waals surface area contributed by atoms with Crippen LogP contribution < -0.4 is 15.4 Å². The van der Waals surface area contributed by atoms with Crippen molar-refractivity contribution >= 4 is 17.3 Å². The summed E-state index contributed by atoms with van der Waals surface area (Å²) >= 11 is 0. The Hall–Kier alpha value is -3.15. The maximum Gasteiger partial charge on any atom is 0.135 e. The van der Waals surface area contributed by atoms with Crippen molar-refractivity contribution in [3.05, 3.63) is 72.3 Å². The fraction of sp³-hybridized carbons (Fsp3) is 0.200. The van der Waals surface area contributed by atoms with Crippen LogP contribution in [-0.2, 0) is 6.42 Å². The molecule has 1 aromatic heterocycles. The van der Waals surface area contributed by atoms with E-state index in [4.69, 9.17) is 4.74 Å². The molecule has 0 atom stereocenters. The zero-order valence-corrected chi connectivity index (χ0v) is 14.6. The molecule has 3 rings (SSSR count). The van der Waals surface area contributed by atoms with Crippen molar-refractivity contribution in [3.8, 4) is 5.75 Å². The second-order valence-corrected chi connectivity index (χ2v) is 5.64. The van der Waals surface area contributed by atoms with Gasteiger partial charge in [-0.1, -0.05) is 18.2 Å². The van der Waals surface area contributed by atoms with Crippen LogP contribution in [-0.4, -0.2) is 23.1 Å². The van der Waals surface area contributed by atoms with E-state index in [0.29, 0.717) is 36.8 Å². The number of nitrogens with one attached hydrogen (secondary N) is 2. The summed E-state index contributed by atoms with van der Waals surface area (Å²) < 4.78 is 19.1. The van der Waals surface area contributed by atoms with E-state index in [1.54, 1.807) is 12.1 Å². The van der Waals surface area contributed by atoms with E-state index in [-0.39, 0.29) is 5.82 Å². The standard InChI is InChI=1S/C20H21FN4O/c1-2-26-17-9-7-16(8-10-17)25-20-13-19(23-14-24-20)22-12-11-15-5-3-4-6-18(15)21/h3-10,13-14H,2,11-12H2,1H3,(H2,22,23,24,25). The van der Waals surface area contributed by atoms with Crippen LogP contribution in [0.1, 0.15) is 12.5 Å². The SMILES string of the molecule is CCOc1ccc(Nc2cc(NCCc3ccccc3F)ncn2)cc1. The third-order valence-electron chi connectivity index (χ3n) is 3.76. The van der Waals surface area contributed by atoms with Gasteiger partial charge in [-0.2, -0.15) is 0 Å². The van der Waals surface area contributed by atoms with Crippen LogP contribution in [0.3, 0.4) is 0 Å². The van der Waals surface area contributed by atoms with Gasteiger partial charge in [0.05, 0.1) is 6.61 Å². The van der Waals surface area contributed by atoms with Gasteiger partial charge in [-0.05, 0) is 49.2 Å². The fourth-order valence-corrected chi connectivity index (χ4v) is 2.50. The second kappa shape index (κ2) is 8.80. The Balaban J connectivity index is 1.56. The lowest BCUT2D eigenvalue weighted by Gasteiger charge is -2.10. The number of nitrogens with zero attached hydrogens (tertiary/aromatic N) is 2. The molecule has 0 aliphatic carbocycles. The zero-order chi connectivity index (χ0) is 18.2. The molecule has 3 aromatic rings. The number of rotatable bonds is 8. The largest absolute Gasteiger partial charge is 0.494 e. The smallest absolute Gasteiger partial charge is 0.135 e.